The van der Waals surface area contributed by atoms with Crippen LogP contribution in [-0.2, 0) is 4.57 Å². The maximum absolute atomic E-state index is 13.1. The first kappa shape index (κ1) is 18.7. The fraction of sp³-hybridized carbons (Fsp3) is 0.235. The second kappa shape index (κ2) is 7.50. The molecule has 0 aliphatic heterocycles. The zero-order chi connectivity index (χ0) is 17.9. The van der Waals surface area contributed by atoms with Crippen LogP contribution in [0.15, 0.2) is 46.9 Å². The van der Waals surface area contributed by atoms with Gasteiger partial charge in [0.2, 0.25) is 0 Å². The van der Waals surface area contributed by atoms with Crippen molar-refractivity contribution in [2.45, 2.75) is 0 Å². The summed E-state index contributed by atoms with van der Waals surface area (Å²) in [7, 11) is 3.73. The molecule has 0 radical (unpaired) electrons. The molecule has 7 heteroatoms. The maximum Gasteiger partial charge on any atom is 0.394 e. The Kier molecular flexibility index (Phi) is 5.84. The molecule has 126 valence electrons. The predicted octanol–water partition coefficient (Wildman–Crippen LogP) is 4.60. The number of halogens is 1. The molecule has 24 heavy (non-hydrogen) atoms. The molecule has 0 aromatic heterocycles. The van der Waals surface area contributed by atoms with E-state index in [1.54, 1.807) is 55.7 Å². The molecule has 0 saturated heterocycles. The number of hydrogen-bond acceptors (Lipinski definition) is 3. The van der Waals surface area contributed by atoms with Crippen molar-refractivity contribution >= 4 is 23.6 Å². The average Bonchev–Trinajstić information content (AvgIpc) is 2.56. The molecular weight excluding hydrogens is 389 g/mol. The normalized spacial score (nSPS) is 11.6. The van der Waals surface area contributed by atoms with Crippen molar-refractivity contribution in [1.29, 1.82) is 5.26 Å². The van der Waals surface area contributed by atoms with E-state index in [0.717, 1.165) is 15.6 Å². The average molecular weight is 408 g/mol. The molecule has 0 bridgehead atoms. The largest absolute Gasteiger partial charge is 0.421 e. The quantitative estimate of drug-likeness (QED) is 0.677. The third-order valence-electron chi connectivity index (χ3n) is 3.49. The number of rotatable bonds is 5. The van der Waals surface area contributed by atoms with Gasteiger partial charge in [0.15, 0.2) is 0 Å². The first-order chi connectivity index (χ1) is 11.3. The van der Waals surface area contributed by atoms with E-state index in [4.69, 9.17) is 9.79 Å². The van der Waals surface area contributed by atoms with Crippen LogP contribution < -0.4 is 4.52 Å². The first-order valence-corrected chi connectivity index (χ1v) is 9.55. The monoisotopic (exact) mass is 407 g/mol. The Balaban J connectivity index is 2.52. The highest BCUT2D eigenvalue weighted by molar-refractivity contribution is 9.10. The summed E-state index contributed by atoms with van der Waals surface area (Å²) < 4.78 is 23.1. The van der Waals surface area contributed by atoms with Gasteiger partial charge in [-0.25, -0.2) is 13.9 Å². The molecule has 2 rings (SSSR count). The summed E-state index contributed by atoms with van der Waals surface area (Å²) in [4.78, 5) is 0. The van der Waals surface area contributed by atoms with Gasteiger partial charge in [-0.2, -0.15) is 5.26 Å². The third-order valence-corrected chi connectivity index (χ3v) is 6.44. The molecule has 0 atom stereocenters. The van der Waals surface area contributed by atoms with Crippen LogP contribution in [0.5, 0.6) is 5.75 Å². The van der Waals surface area contributed by atoms with Gasteiger partial charge in [-0.3, -0.25) is 0 Å². The minimum absolute atomic E-state index is 0.522. The minimum atomic E-state index is -3.16. The molecule has 0 amide bonds. The molecule has 2 aromatic rings. The SMILES string of the molecule is CN(C)P(=O)(Oc1ccc(Br)cc1-c1ccc(C#N)cc1)N(C)C. The molecule has 5 nitrogen and oxygen atoms in total. The second-order valence-electron chi connectivity index (χ2n) is 5.61. The van der Waals surface area contributed by atoms with Crippen molar-refractivity contribution < 1.29 is 9.09 Å². The second-order valence-corrected chi connectivity index (χ2v) is 9.29. The number of benzene rings is 2. The van der Waals surface area contributed by atoms with E-state index in [-0.39, 0.29) is 0 Å². The summed E-state index contributed by atoms with van der Waals surface area (Å²) in [6.45, 7) is 0. The predicted molar refractivity (Wildman–Crippen MR) is 99.9 cm³/mol. The molecule has 0 aliphatic carbocycles. The van der Waals surface area contributed by atoms with Gasteiger partial charge in [0.05, 0.1) is 11.6 Å². The van der Waals surface area contributed by atoms with Crippen LogP contribution >= 0.6 is 23.6 Å². The van der Waals surface area contributed by atoms with Crippen LogP contribution in [0.25, 0.3) is 11.1 Å². The summed E-state index contributed by atoms with van der Waals surface area (Å²) in [5.41, 5.74) is 2.27. The van der Waals surface area contributed by atoms with Crippen molar-refractivity contribution in [2.75, 3.05) is 28.2 Å². The lowest BCUT2D eigenvalue weighted by Crippen LogP contribution is -2.24. The lowest BCUT2D eigenvalue weighted by Gasteiger charge is -2.30. The van der Waals surface area contributed by atoms with Crippen molar-refractivity contribution in [3.05, 3.63) is 52.5 Å². The molecule has 0 spiro atoms. The molecule has 0 N–H and O–H groups in total. The zero-order valence-corrected chi connectivity index (χ0v) is 16.5. The van der Waals surface area contributed by atoms with E-state index in [1.807, 2.05) is 24.3 Å². The Morgan fingerprint density at radius 3 is 2.12 bits per heavy atom. The zero-order valence-electron chi connectivity index (χ0n) is 14.0. The van der Waals surface area contributed by atoms with Crippen LogP contribution in [0.1, 0.15) is 5.56 Å². The summed E-state index contributed by atoms with van der Waals surface area (Å²) in [6, 6.07) is 14.8. The highest BCUT2D eigenvalue weighted by Crippen LogP contribution is 2.52. The summed E-state index contributed by atoms with van der Waals surface area (Å²) in [5, 5.41) is 8.94. The van der Waals surface area contributed by atoms with Crippen LogP contribution in [0.4, 0.5) is 0 Å². The molecule has 0 unspecified atom stereocenters. The lowest BCUT2D eigenvalue weighted by atomic mass is 10.0. The molecule has 0 heterocycles. The van der Waals surface area contributed by atoms with Gasteiger partial charge < -0.3 is 4.52 Å². The Bertz CT molecular complexity index is 802. The van der Waals surface area contributed by atoms with Crippen LogP contribution in [0.2, 0.25) is 0 Å². The van der Waals surface area contributed by atoms with Gasteiger partial charge >= 0.3 is 7.67 Å². The van der Waals surface area contributed by atoms with Crippen molar-refractivity contribution in [3.63, 3.8) is 0 Å². The minimum Gasteiger partial charge on any atom is -0.421 e. The molecule has 2 aromatic carbocycles. The maximum atomic E-state index is 13.1. The van der Waals surface area contributed by atoms with E-state index in [0.29, 0.717) is 11.3 Å². The smallest absolute Gasteiger partial charge is 0.394 e. The molecule has 0 aliphatic rings. The van der Waals surface area contributed by atoms with Crippen LogP contribution in [0, 0.1) is 11.3 Å². The molecule has 0 fully saturated rings. The van der Waals surface area contributed by atoms with Gasteiger partial charge in [0.1, 0.15) is 5.75 Å². The van der Waals surface area contributed by atoms with Gasteiger partial charge in [0.25, 0.3) is 0 Å². The first-order valence-electron chi connectivity index (χ1n) is 7.23. The molecular formula is C17H19BrN3O2P. The van der Waals surface area contributed by atoms with Crippen LogP contribution in [-0.4, -0.2) is 37.5 Å². The Hall–Kier alpha value is -1.64. The summed E-state index contributed by atoms with van der Waals surface area (Å²) >= 11 is 3.46. The van der Waals surface area contributed by atoms with E-state index in [2.05, 4.69) is 22.0 Å². The van der Waals surface area contributed by atoms with Crippen molar-refractivity contribution in [1.82, 2.24) is 9.34 Å². The Labute approximate surface area is 151 Å². The van der Waals surface area contributed by atoms with E-state index in [1.165, 1.54) is 0 Å². The van der Waals surface area contributed by atoms with Gasteiger partial charge in [-0.1, -0.05) is 28.1 Å². The lowest BCUT2D eigenvalue weighted by molar-refractivity contribution is 0.354. The van der Waals surface area contributed by atoms with Gasteiger partial charge in [-0.05, 0) is 64.1 Å². The third kappa shape index (κ3) is 3.88. The highest BCUT2D eigenvalue weighted by Gasteiger charge is 2.32. The summed E-state index contributed by atoms with van der Waals surface area (Å²) in [5.74, 6) is 0.522. The Morgan fingerprint density at radius 1 is 1.04 bits per heavy atom. The topological polar surface area (TPSA) is 56.6 Å². The standard InChI is InChI=1S/C17H19BrN3O2P/c1-20(2)24(22,21(3)4)23-17-10-9-15(18)11-16(17)14-7-5-13(12-19)6-8-14/h5-11H,1-4H3. The fourth-order valence-corrected chi connectivity index (χ4v) is 4.00. The van der Waals surface area contributed by atoms with Crippen molar-refractivity contribution in [2.24, 2.45) is 0 Å². The van der Waals surface area contributed by atoms with Gasteiger partial charge in [-0.15, -0.1) is 0 Å². The highest BCUT2D eigenvalue weighted by atomic mass is 79.9. The van der Waals surface area contributed by atoms with E-state index >= 15 is 0 Å². The summed E-state index contributed by atoms with van der Waals surface area (Å²) in [6.07, 6.45) is 0. The van der Waals surface area contributed by atoms with Crippen LogP contribution in [0.3, 0.4) is 0 Å². The van der Waals surface area contributed by atoms with Gasteiger partial charge in [0, 0.05) is 10.0 Å². The molecule has 0 saturated carbocycles. The van der Waals surface area contributed by atoms with Crippen molar-refractivity contribution in [3.8, 4) is 22.9 Å². The van der Waals surface area contributed by atoms with E-state index < -0.39 is 7.67 Å². The Morgan fingerprint density at radius 2 is 1.62 bits per heavy atom. The fourth-order valence-electron chi connectivity index (χ4n) is 2.18. The number of nitriles is 1. The van der Waals surface area contributed by atoms with E-state index in [9.17, 15) is 4.57 Å². The number of hydrogen-bond donors (Lipinski definition) is 0. The number of nitrogens with zero attached hydrogens (tertiary/aromatic N) is 3.